The van der Waals surface area contributed by atoms with E-state index in [1.54, 1.807) is 38.1 Å². The van der Waals surface area contributed by atoms with Gasteiger partial charge in [-0.2, -0.15) is 18.3 Å². The number of benzene rings is 2. The second-order valence-corrected chi connectivity index (χ2v) is 12.0. The number of carbonyl (C=O) groups is 2. The summed E-state index contributed by atoms with van der Waals surface area (Å²) in [7, 11) is -4.36. The van der Waals surface area contributed by atoms with Crippen LogP contribution < -0.4 is 4.72 Å². The SMILES string of the molecule is Cc1ccc(-c2cc(C(F)(F)F)nn2-c2ccc(S(=O)(=O)NC(=O)C3CN(/[N+]([O-])=N\OC(C)OC(=O)C(C)C)C3)cc2)cc1. The predicted molar refractivity (Wildman–Crippen MR) is 147 cm³/mol. The third-order valence-electron chi connectivity index (χ3n) is 6.47. The van der Waals surface area contributed by atoms with Crippen LogP contribution in [0.4, 0.5) is 13.2 Å². The number of alkyl halides is 3. The average Bonchev–Trinajstić information content (AvgIpc) is 3.37. The topological polar surface area (TPSA) is 158 Å². The molecule has 1 atom stereocenters. The van der Waals surface area contributed by atoms with Gasteiger partial charge in [0, 0.05) is 12.5 Å². The molecule has 13 nitrogen and oxygen atoms in total. The van der Waals surface area contributed by atoms with Gasteiger partial charge in [-0.05, 0) is 37.3 Å². The zero-order valence-electron chi connectivity index (χ0n) is 24.0. The molecule has 1 aliphatic heterocycles. The molecule has 1 N–H and O–H groups in total. The fourth-order valence-corrected chi connectivity index (χ4v) is 4.97. The maximum atomic E-state index is 13.5. The summed E-state index contributed by atoms with van der Waals surface area (Å²) in [5, 5.41) is 20.1. The highest BCUT2D eigenvalue weighted by atomic mass is 32.2. The van der Waals surface area contributed by atoms with Gasteiger partial charge in [-0.25, -0.2) is 17.8 Å². The fraction of sp³-hybridized carbons (Fsp3) is 0.370. The normalized spacial score (nSPS) is 15.1. The van der Waals surface area contributed by atoms with Crippen LogP contribution in [0.25, 0.3) is 16.9 Å². The molecule has 1 aliphatic rings. The van der Waals surface area contributed by atoms with E-state index in [1.165, 1.54) is 19.1 Å². The Morgan fingerprint density at radius 2 is 1.70 bits per heavy atom. The lowest BCUT2D eigenvalue weighted by Crippen LogP contribution is -2.56. The number of nitrogens with zero attached hydrogens (tertiary/aromatic N) is 5. The quantitative estimate of drug-likeness (QED) is 0.114. The number of aryl methyl sites for hydroxylation is 1. The van der Waals surface area contributed by atoms with Crippen LogP contribution in [0.1, 0.15) is 32.0 Å². The number of hydrogen-bond donors (Lipinski definition) is 1. The summed E-state index contributed by atoms with van der Waals surface area (Å²) < 4.78 is 74.0. The van der Waals surface area contributed by atoms with Crippen molar-refractivity contribution in [2.24, 2.45) is 17.1 Å². The van der Waals surface area contributed by atoms with Gasteiger partial charge in [-0.1, -0.05) is 43.7 Å². The molecule has 4 rings (SSSR count). The highest BCUT2D eigenvalue weighted by molar-refractivity contribution is 7.90. The Morgan fingerprint density at radius 3 is 2.27 bits per heavy atom. The first-order chi connectivity index (χ1) is 20.5. The lowest BCUT2D eigenvalue weighted by molar-refractivity contribution is -0.727. The molecule has 2 aromatic carbocycles. The summed E-state index contributed by atoms with van der Waals surface area (Å²) in [6.45, 7) is 6.10. The van der Waals surface area contributed by atoms with Crippen LogP contribution in [-0.2, 0) is 35.4 Å². The van der Waals surface area contributed by atoms with E-state index in [1.807, 2.05) is 11.6 Å². The van der Waals surface area contributed by atoms with Crippen molar-refractivity contribution in [2.75, 3.05) is 13.1 Å². The monoisotopic (exact) mass is 638 g/mol. The molecule has 0 radical (unpaired) electrons. The molecule has 0 bridgehead atoms. The molecule has 17 heteroatoms. The maximum Gasteiger partial charge on any atom is 0.435 e. The van der Waals surface area contributed by atoms with Crippen LogP contribution in [0.3, 0.4) is 0 Å². The predicted octanol–water partition coefficient (Wildman–Crippen LogP) is 3.96. The number of nitrogens with one attached hydrogen (secondary N) is 1. The van der Waals surface area contributed by atoms with Crippen LogP contribution in [0.5, 0.6) is 0 Å². The number of carbonyl (C=O) groups excluding carboxylic acids is 2. The van der Waals surface area contributed by atoms with Gasteiger partial charge in [-0.3, -0.25) is 14.4 Å². The Labute approximate surface area is 250 Å². The van der Waals surface area contributed by atoms with Gasteiger partial charge in [0.25, 0.3) is 16.3 Å². The van der Waals surface area contributed by atoms with Crippen LogP contribution in [0.15, 0.2) is 64.8 Å². The van der Waals surface area contributed by atoms with Crippen molar-refractivity contribution >= 4 is 21.9 Å². The molecular formula is C27H29F3N6O7S. The Bertz CT molecular complexity index is 1650. The molecule has 3 aromatic rings. The number of esters is 1. The van der Waals surface area contributed by atoms with Gasteiger partial charge >= 0.3 is 12.1 Å². The third-order valence-corrected chi connectivity index (χ3v) is 7.83. The molecule has 0 saturated carbocycles. The first-order valence-electron chi connectivity index (χ1n) is 13.3. The maximum absolute atomic E-state index is 13.5. The lowest BCUT2D eigenvalue weighted by Gasteiger charge is -2.32. The number of ether oxygens (including phenoxy) is 1. The number of hydrogen-bond acceptors (Lipinski definition) is 9. The van der Waals surface area contributed by atoms with Crippen molar-refractivity contribution in [1.82, 2.24) is 19.5 Å². The molecular weight excluding hydrogens is 609 g/mol. The van der Waals surface area contributed by atoms with Gasteiger partial charge in [0.2, 0.25) is 11.2 Å². The van der Waals surface area contributed by atoms with E-state index in [4.69, 9.17) is 9.57 Å². The minimum Gasteiger partial charge on any atom is -0.569 e. The zero-order chi connectivity index (χ0) is 32.4. The van der Waals surface area contributed by atoms with Gasteiger partial charge in [-0.15, -0.1) is 5.01 Å². The van der Waals surface area contributed by atoms with E-state index in [9.17, 15) is 36.4 Å². The van der Waals surface area contributed by atoms with Gasteiger partial charge in [0.05, 0.1) is 46.2 Å². The molecule has 44 heavy (non-hydrogen) atoms. The molecule has 1 saturated heterocycles. The fourth-order valence-electron chi connectivity index (χ4n) is 3.93. The van der Waals surface area contributed by atoms with E-state index < -0.39 is 51.9 Å². The highest BCUT2D eigenvalue weighted by Crippen LogP contribution is 2.33. The summed E-state index contributed by atoms with van der Waals surface area (Å²) in [5.74, 6) is -2.70. The second kappa shape index (κ2) is 12.5. The van der Waals surface area contributed by atoms with Crippen molar-refractivity contribution in [3.05, 3.63) is 71.1 Å². The second-order valence-electron chi connectivity index (χ2n) is 10.3. The zero-order valence-corrected chi connectivity index (χ0v) is 24.8. The van der Waals surface area contributed by atoms with Gasteiger partial charge < -0.3 is 9.94 Å². The molecule has 0 aliphatic carbocycles. The first kappa shape index (κ1) is 32.2. The largest absolute Gasteiger partial charge is 0.569 e. The Balaban J connectivity index is 1.40. The van der Waals surface area contributed by atoms with Crippen molar-refractivity contribution < 1.29 is 45.7 Å². The molecule has 1 amide bonds. The summed E-state index contributed by atoms with van der Waals surface area (Å²) in [6.07, 6.45) is -5.84. The summed E-state index contributed by atoms with van der Waals surface area (Å²) in [4.78, 5) is 28.7. The Morgan fingerprint density at radius 1 is 1.09 bits per heavy atom. The molecule has 1 fully saturated rings. The van der Waals surface area contributed by atoms with Crippen LogP contribution in [0.2, 0.25) is 0 Å². The van der Waals surface area contributed by atoms with E-state index in [-0.39, 0.29) is 34.3 Å². The van der Waals surface area contributed by atoms with Crippen molar-refractivity contribution in [3.63, 3.8) is 0 Å². The Hall–Kier alpha value is -4.67. The summed E-state index contributed by atoms with van der Waals surface area (Å²) in [5.41, 5.74) is 0.563. The van der Waals surface area contributed by atoms with E-state index in [0.29, 0.717) is 5.56 Å². The standard InChI is InChI=1S/C27H29F3N6O7S/c1-16(2)26(38)42-18(4)43-33-36(39)34-14-20(15-34)25(37)32-44(40,41)22-11-9-21(10-12-22)35-23(13-24(31-35)27(28,29)30)19-7-5-17(3)6-8-19/h5-13,16,18,20H,14-15H2,1-4H3,(H,32,37)/b36-33+. The number of aromatic nitrogens is 2. The van der Waals surface area contributed by atoms with Crippen molar-refractivity contribution in [1.29, 1.82) is 0 Å². The molecule has 1 unspecified atom stereocenters. The summed E-state index contributed by atoms with van der Waals surface area (Å²) >= 11 is 0. The minimum absolute atomic E-state index is 0.0566. The van der Waals surface area contributed by atoms with Crippen LogP contribution in [0, 0.1) is 24.0 Å². The highest BCUT2D eigenvalue weighted by Gasteiger charge is 2.40. The smallest absolute Gasteiger partial charge is 0.435 e. The number of halogens is 3. The van der Waals surface area contributed by atoms with E-state index in [2.05, 4.69) is 10.4 Å². The van der Waals surface area contributed by atoms with Gasteiger partial charge in [0.15, 0.2) is 5.69 Å². The van der Waals surface area contributed by atoms with Crippen molar-refractivity contribution in [2.45, 2.75) is 45.1 Å². The lowest BCUT2D eigenvalue weighted by atomic mass is 10.0. The number of amides is 1. The summed E-state index contributed by atoms with van der Waals surface area (Å²) in [6, 6.07) is 12.5. The molecule has 1 aromatic heterocycles. The van der Waals surface area contributed by atoms with E-state index in [0.717, 1.165) is 33.5 Å². The van der Waals surface area contributed by atoms with Crippen molar-refractivity contribution in [3.8, 4) is 16.9 Å². The van der Waals surface area contributed by atoms with E-state index >= 15 is 0 Å². The number of sulfonamides is 1. The number of rotatable bonds is 10. The number of hydrazine groups is 1. The van der Waals surface area contributed by atoms with Gasteiger partial charge in [0.1, 0.15) is 0 Å². The van der Waals surface area contributed by atoms with Crippen LogP contribution >= 0.6 is 0 Å². The average molecular weight is 639 g/mol. The molecule has 236 valence electrons. The minimum atomic E-state index is -4.71. The third kappa shape index (κ3) is 7.45. The molecule has 0 spiro atoms. The first-order valence-corrected chi connectivity index (χ1v) is 14.7. The molecule has 2 heterocycles. The Kier molecular flexibility index (Phi) is 9.17. The van der Waals surface area contributed by atoms with Crippen LogP contribution in [-0.4, -0.2) is 59.4 Å².